The van der Waals surface area contributed by atoms with Crippen LogP contribution >= 0.6 is 11.3 Å². The van der Waals surface area contributed by atoms with Gasteiger partial charge in [0.15, 0.2) is 0 Å². The molecule has 1 aliphatic heterocycles. The van der Waals surface area contributed by atoms with E-state index in [9.17, 15) is 4.79 Å². The van der Waals surface area contributed by atoms with Crippen molar-refractivity contribution in [2.24, 2.45) is 0 Å². The van der Waals surface area contributed by atoms with E-state index < -0.39 is 0 Å². The Morgan fingerprint density at radius 2 is 1.91 bits per heavy atom. The molecule has 0 saturated carbocycles. The Morgan fingerprint density at radius 1 is 1.23 bits per heavy atom. The van der Waals surface area contributed by atoms with Gasteiger partial charge in [-0.3, -0.25) is 4.79 Å². The average molecular weight is 319 g/mol. The predicted octanol–water partition coefficient (Wildman–Crippen LogP) is 1.42. The van der Waals surface area contributed by atoms with Gasteiger partial charge in [0.2, 0.25) is 0 Å². The zero-order chi connectivity index (χ0) is 15.9. The number of hydrogen-bond acceptors (Lipinski definition) is 6. The van der Waals surface area contributed by atoms with E-state index in [4.69, 9.17) is 0 Å². The van der Waals surface area contributed by atoms with Crippen molar-refractivity contribution in [1.29, 1.82) is 0 Å². The maximum Gasteiger partial charge on any atom is 0.264 e. The van der Waals surface area contributed by atoms with Crippen LogP contribution in [0.4, 0.5) is 5.82 Å². The second-order valence-corrected chi connectivity index (χ2v) is 6.77. The van der Waals surface area contributed by atoms with Crippen molar-refractivity contribution < 1.29 is 4.79 Å². The monoisotopic (exact) mass is 319 g/mol. The number of aryl methyl sites for hydroxylation is 2. The molecule has 2 aromatic heterocycles. The molecule has 1 saturated heterocycles. The number of hydrogen-bond donors (Lipinski definition) is 1. The third-order valence-corrected chi connectivity index (χ3v) is 5.08. The van der Waals surface area contributed by atoms with E-state index >= 15 is 0 Å². The summed E-state index contributed by atoms with van der Waals surface area (Å²) >= 11 is 1.48. The quantitative estimate of drug-likeness (QED) is 0.907. The number of carbonyl (C=O) groups excluding carboxylic acids is 1. The molecular weight excluding hydrogens is 298 g/mol. The lowest BCUT2D eigenvalue weighted by atomic mass is 10.1. The summed E-state index contributed by atoms with van der Waals surface area (Å²) in [6, 6.07) is 0. The van der Waals surface area contributed by atoms with Gasteiger partial charge in [0.1, 0.15) is 16.5 Å². The second kappa shape index (κ2) is 5.81. The number of thiophene rings is 1. The van der Waals surface area contributed by atoms with Crippen LogP contribution < -0.4 is 10.2 Å². The van der Waals surface area contributed by atoms with Crippen LogP contribution in [0.3, 0.4) is 0 Å². The zero-order valence-electron chi connectivity index (χ0n) is 13.4. The highest BCUT2D eigenvalue weighted by molar-refractivity contribution is 7.20. The lowest BCUT2D eigenvalue weighted by Gasteiger charge is -2.27. The van der Waals surface area contributed by atoms with Crippen molar-refractivity contribution in [3.8, 4) is 0 Å². The van der Waals surface area contributed by atoms with Crippen molar-refractivity contribution in [3.63, 3.8) is 0 Å². The van der Waals surface area contributed by atoms with Crippen LogP contribution in [0.15, 0.2) is 0 Å². The molecular formula is C15H21N5OS. The third-order valence-electron chi connectivity index (χ3n) is 3.90. The molecule has 0 spiro atoms. The van der Waals surface area contributed by atoms with E-state index in [1.165, 1.54) is 11.3 Å². The van der Waals surface area contributed by atoms with Crippen molar-refractivity contribution >= 4 is 33.3 Å². The summed E-state index contributed by atoms with van der Waals surface area (Å²) in [6.07, 6.45) is 0. The van der Waals surface area contributed by atoms with Crippen LogP contribution in [0, 0.1) is 13.8 Å². The number of fused-ring (bicyclic) bond motifs is 1. The molecule has 1 N–H and O–H groups in total. The molecule has 22 heavy (non-hydrogen) atoms. The number of aromatic nitrogens is 2. The Labute approximate surface area is 134 Å². The number of nitrogens with one attached hydrogen (secondary N) is 1. The minimum atomic E-state index is 0.115. The van der Waals surface area contributed by atoms with Gasteiger partial charge < -0.3 is 15.1 Å². The molecule has 0 bridgehead atoms. The smallest absolute Gasteiger partial charge is 0.264 e. The van der Waals surface area contributed by atoms with Crippen LogP contribution in [0.25, 0.3) is 10.2 Å². The molecule has 6 nitrogen and oxygen atoms in total. The molecule has 0 unspecified atom stereocenters. The maximum atomic E-state index is 12.8. The Bertz CT molecular complexity index is 718. The largest absolute Gasteiger partial charge is 0.362 e. The third kappa shape index (κ3) is 2.55. The summed E-state index contributed by atoms with van der Waals surface area (Å²) in [6.45, 7) is 7.13. The fraction of sp³-hybridized carbons (Fsp3) is 0.533. The summed E-state index contributed by atoms with van der Waals surface area (Å²) in [5.41, 5.74) is 0.993. The number of amides is 1. The fourth-order valence-electron chi connectivity index (χ4n) is 2.76. The average Bonchev–Trinajstić information content (AvgIpc) is 2.83. The van der Waals surface area contributed by atoms with E-state index in [2.05, 4.69) is 15.3 Å². The zero-order valence-corrected chi connectivity index (χ0v) is 14.3. The minimum absolute atomic E-state index is 0.115. The standard InChI is InChI=1S/C15H21N5OS/c1-9-11-13(19(3)4)17-10(2)18-14(11)22-12(9)15(21)20-7-5-16-6-8-20/h16H,5-8H2,1-4H3. The van der Waals surface area contributed by atoms with Crippen molar-refractivity contribution in [2.45, 2.75) is 13.8 Å². The second-order valence-electron chi connectivity index (χ2n) is 5.77. The first-order valence-corrected chi connectivity index (χ1v) is 8.25. The van der Waals surface area contributed by atoms with Gasteiger partial charge in [-0.15, -0.1) is 11.3 Å². The molecule has 0 radical (unpaired) electrons. The first-order chi connectivity index (χ1) is 10.5. The molecule has 118 valence electrons. The fourth-order valence-corrected chi connectivity index (χ4v) is 3.95. The molecule has 1 aliphatic rings. The molecule has 0 aromatic carbocycles. The lowest BCUT2D eigenvalue weighted by molar-refractivity contribution is 0.0740. The van der Waals surface area contributed by atoms with Gasteiger partial charge >= 0.3 is 0 Å². The predicted molar refractivity (Wildman–Crippen MR) is 90.0 cm³/mol. The molecule has 3 rings (SSSR count). The molecule has 1 fully saturated rings. The molecule has 1 amide bonds. The van der Waals surface area contributed by atoms with Gasteiger partial charge in [-0.1, -0.05) is 0 Å². The summed E-state index contributed by atoms with van der Waals surface area (Å²) in [5, 5.41) is 4.27. The molecule has 2 aromatic rings. The SMILES string of the molecule is Cc1nc(N(C)C)c2c(C)c(C(=O)N3CCNCC3)sc2n1. The highest BCUT2D eigenvalue weighted by Gasteiger charge is 2.25. The van der Waals surface area contributed by atoms with Gasteiger partial charge in [-0.2, -0.15) is 0 Å². The van der Waals surface area contributed by atoms with Gasteiger partial charge in [0.05, 0.1) is 10.3 Å². The van der Waals surface area contributed by atoms with E-state index in [1.807, 2.05) is 37.7 Å². The molecule has 0 atom stereocenters. The maximum absolute atomic E-state index is 12.8. The van der Waals surface area contributed by atoms with Gasteiger partial charge in [0, 0.05) is 40.3 Å². The van der Waals surface area contributed by atoms with Crippen molar-refractivity contribution in [2.75, 3.05) is 45.2 Å². The normalized spacial score (nSPS) is 15.4. The summed E-state index contributed by atoms with van der Waals surface area (Å²) in [5.74, 6) is 1.73. The molecule has 3 heterocycles. The van der Waals surface area contributed by atoms with Crippen LogP contribution in [0.5, 0.6) is 0 Å². The van der Waals surface area contributed by atoms with Gasteiger partial charge in [-0.05, 0) is 19.4 Å². The van der Waals surface area contributed by atoms with Crippen LogP contribution in [0.2, 0.25) is 0 Å². The first-order valence-electron chi connectivity index (χ1n) is 7.44. The number of carbonyl (C=O) groups is 1. The van der Waals surface area contributed by atoms with E-state index in [0.717, 1.165) is 58.5 Å². The van der Waals surface area contributed by atoms with Crippen LogP contribution in [-0.2, 0) is 0 Å². The molecule has 7 heteroatoms. The Morgan fingerprint density at radius 3 is 2.55 bits per heavy atom. The topological polar surface area (TPSA) is 61.4 Å². The minimum Gasteiger partial charge on any atom is -0.362 e. The number of rotatable bonds is 2. The first kappa shape index (κ1) is 15.2. The number of anilines is 1. The lowest BCUT2D eigenvalue weighted by Crippen LogP contribution is -2.46. The number of nitrogens with zero attached hydrogens (tertiary/aromatic N) is 4. The highest BCUT2D eigenvalue weighted by atomic mass is 32.1. The highest BCUT2D eigenvalue weighted by Crippen LogP contribution is 2.35. The summed E-state index contributed by atoms with van der Waals surface area (Å²) in [7, 11) is 3.94. The van der Waals surface area contributed by atoms with Crippen LogP contribution in [0.1, 0.15) is 21.1 Å². The Hall–Kier alpha value is -1.73. The van der Waals surface area contributed by atoms with E-state index in [0.29, 0.717) is 0 Å². The van der Waals surface area contributed by atoms with E-state index in [-0.39, 0.29) is 5.91 Å². The Balaban J connectivity index is 2.09. The summed E-state index contributed by atoms with van der Waals surface area (Å²) < 4.78 is 0. The van der Waals surface area contributed by atoms with Gasteiger partial charge in [-0.25, -0.2) is 9.97 Å². The van der Waals surface area contributed by atoms with E-state index in [1.54, 1.807) is 0 Å². The summed E-state index contributed by atoms with van der Waals surface area (Å²) in [4.78, 5) is 27.5. The number of piperazine rings is 1. The molecule has 0 aliphatic carbocycles. The van der Waals surface area contributed by atoms with Crippen molar-refractivity contribution in [3.05, 3.63) is 16.3 Å². The Kier molecular flexibility index (Phi) is 4.01. The van der Waals surface area contributed by atoms with Crippen LogP contribution in [-0.4, -0.2) is 61.0 Å². The van der Waals surface area contributed by atoms with Gasteiger partial charge in [0.25, 0.3) is 5.91 Å². The van der Waals surface area contributed by atoms with Crippen molar-refractivity contribution in [1.82, 2.24) is 20.2 Å².